The summed E-state index contributed by atoms with van der Waals surface area (Å²) >= 11 is 0. The predicted octanol–water partition coefficient (Wildman–Crippen LogP) is 1.14. The van der Waals surface area contributed by atoms with Gasteiger partial charge in [-0.2, -0.15) is 0 Å². The minimum absolute atomic E-state index is 0.681. The molecule has 0 aromatic rings. The van der Waals surface area contributed by atoms with E-state index in [0.717, 1.165) is 18.5 Å². The molecular weight excluding hydrogens is 198 g/mol. The largest absolute Gasteiger partial charge is 0.329 e. The Balaban J connectivity index is 1.86. The van der Waals surface area contributed by atoms with E-state index in [9.17, 15) is 0 Å². The molecule has 0 aromatic heterocycles. The molecule has 0 bridgehead atoms. The van der Waals surface area contributed by atoms with Crippen LogP contribution in [0.25, 0.3) is 0 Å². The van der Waals surface area contributed by atoms with Crippen molar-refractivity contribution in [2.24, 2.45) is 11.7 Å². The number of hydrogen-bond donors (Lipinski definition) is 1. The van der Waals surface area contributed by atoms with E-state index in [1.807, 2.05) is 0 Å². The zero-order chi connectivity index (χ0) is 11.5. The molecule has 1 heterocycles. The monoisotopic (exact) mass is 225 g/mol. The first-order valence-electron chi connectivity index (χ1n) is 6.98. The van der Waals surface area contributed by atoms with Crippen LogP contribution >= 0.6 is 0 Å². The molecule has 0 radical (unpaired) electrons. The fraction of sp³-hybridized carbons (Fsp3) is 1.00. The van der Waals surface area contributed by atoms with E-state index >= 15 is 0 Å². The molecule has 94 valence electrons. The van der Waals surface area contributed by atoms with Gasteiger partial charge >= 0.3 is 0 Å². The van der Waals surface area contributed by atoms with Gasteiger partial charge < -0.3 is 5.73 Å². The van der Waals surface area contributed by atoms with Crippen molar-refractivity contribution in [3.8, 4) is 0 Å². The standard InChI is InChI=1S/C13H27N3/c1-3-15(4-2)12-7-8-16(10-12)13(9-14)11-5-6-11/h11-13H,3-10,14H2,1-2H3. The number of likely N-dealkylation sites (tertiary alicyclic amines) is 1. The number of likely N-dealkylation sites (N-methyl/N-ethyl adjacent to an activating group) is 1. The molecule has 1 saturated carbocycles. The lowest BCUT2D eigenvalue weighted by Gasteiger charge is -2.29. The molecule has 1 aliphatic heterocycles. The van der Waals surface area contributed by atoms with Gasteiger partial charge in [0.2, 0.25) is 0 Å². The highest BCUT2D eigenvalue weighted by atomic mass is 15.3. The van der Waals surface area contributed by atoms with Crippen LogP contribution in [0.5, 0.6) is 0 Å². The highest BCUT2D eigenvalue weighted by molar-refractivity contribution is 4.94. The molecule has 2 N–H and O–H groups in total. The second-order valence-corrected chi connectivity index (χ2v) is 5.30. The van der Waals surface area contributed by atoms with Crippen molar-refractivity contribution >= 4 is 0 Å². The van der Waals surface area contributed by atoms with Crippen molar-refractivity contribution in [2.75, 3.05) is 32.7 Å². The van der Waals surface area contributed by atoms with E-state index in [-0.39, 0.29) is 0 Å². The van der Waals surface area contributed by atoms with Crippen LogP contribution in [0.4, 0.5) is 0 Å². The Morgan fingerprint density at radius 2 is 1.94 bits per heavy atom. The van der Waals surface area contributed by atoms with Gasteiger partial charge in [-0.3, -0.25) is 9.80 Å². The summed E-state index contributed by atoms with van der Waals surface area (Å²) in [6.45, 7) is 10.3. The van der Waals surface area contributed by atoms with E-state index in [1.165, 1.54) is 45.4 Å². The Bertz CT molecular complexity index is 211. The minimum Gasteiger partial charge on any atom is -0.329 e. The van der Waals surface area contributed by atoms with Crippen molar-refractivity contribution in [1.29, 1.82) is 0 Å². The van der Waals surface area contributed by atoms with Gasteiger partial charge in [0.1, 0.15) is 0 Å². The maximum absolute atomic E-state index is 5.92. The summed E-state index contributed by atoms with van der Waals surface area (Å²) < 4.78 is 0. The number of nitrogens with two attached hydrogens (primary N) is 1. The Kier molecular flexibility index (Phi) is 4.22. The van der Waals surface area contributed by atoms with Crippen LogP contribution in [0.1, 0.15) is 33.1 Å². The van der Waals surface area contributed by atoms with Crippen molar-refractivity contribution in [3.63, 3.8) is 0 Å². The van der Waals surface area contributed by atoms with Gasteiger partial charge in [-0.05, 0) is 38.3 Å². The average Bonchev–Trinajstić information content (AvgIpc) is 3.01. The fourth-order valence-electron chi connectivity index (χ4n) is 3.23. The van der Waals surface area contributed by atoms with Crippen molar-refractivity contribution in [1.82, 2.24) is 9.80 Å². The molecule has 2 unspecified atom stereocenters. The fourth-order valence-corrected chi connectivity index (χ4v) is 3.23. The zero-order valence-electron chi connectivity index (χ0n) is 10.9. The average molecular weight is 225 g/mol. The molecule has 3 nitrogen and oxygen atoms in total. The number of hydrogen-bond acceptors (Lipinski definition) is 3. The maximum Gasteiger partial charge on any atom is 0.0247 e. The number of rotatable bonds is 6. The third-order valence-corrected chi connectivity index (χ3v) is 4.40. The molecule has 0 amide bonds. The van der Waals surface area contributed by atoms with Gasteiger partial charge in [-0.15, -0.1) is 0 Å². The molecule has 1 aliphatic carbocycles. The van der Waals surface area contributed by atoms with Crippen LogP contribution in [0.2, 0.25) is 0 Å². The smallest absolute Gasteiger partial charge is 0.0247 e. The molecule has 3 heteroatoms. The van der Waals surface area contributed by atoms with Crippen molar-refractivity contribution in [2.45, 2.75) is 45.2 Å². The van der Waals surface area contributed by atoms with Crippen LogP contribution in [0.3, 0.4) is 0 Å². The lowest BCUT2D eigenvalue weighted by molar-refractivity contribution is 0.179. The summed E-state index contributed by atoms with van der Waals surface area (Å²) in [6.07, 6.45) is 4.16. The van der Waals surface area contributed by atoms with Crippen LogP contribution in [0, 0.1) is 5.92 Å². The third kappa shape index (κ3) is 2.58. The molecule has 2 fully saturated rings. The topological polar surface area (TPSA) is 32.5 Å². The first kappa shape index (κ1) is 12.3. The third-order valence-electron chi connectivity index (χ3n) is 4.40. The quantitative estimate of drug-likeness (QED) is 0.736. The summed E-state index contributed by atoms with van der Waals surface area (Å²) in [7, 11) is 0. The zero-order valence-corrected chi connectivity index (χ0v) is 10.9. The van der Waals surface area contributed by atoms with E-state index < -0.39 is 0 Å². The van der Waals surface area contributed by atoms with Gasteiger partial charge in [0, 0.05) is 31.7 Å². The summed E-state index contributed by atoms with van der Waals surface area (Å²) in [5, 5.41) is 0. The molecular formula is C13H27N3. The van der Waals surface area contributed by atoms with E-state index in [2.05, 4.69) is 23.6 Å². The van der Waals surface area contributed by atoms with Gasteiger partial charge in [0.15, 0.2) is 0 Å². The molecule has 1 saturated heterocycles. The van der Waals surface area contributed by atoms with Crippen LogP contribution in [-0.4, -0.2) is 54.6 Å². The van der Waals surface area contributed by atoms with E-state index in [4.69, 9.17) is 5.73 Å². The van der Waals surface area contributed by atoms with E-state index in [1.54, 1.807) is 0 Å². The first-order valence-corrected chi connectivity index (χ1v) is 6.98. The first-order chi connectivity index (χ1) is 7.80. The van der Waals surface area contributed by atoms with Gasteiger partial charge in [-0.25, -0.2) is 0 Å². The maximum atomic E-state index is 5.92. The second-order valence-electron chi connectivity index (χ2n) is 5.30. The highest BCUT2D eigenvalue weighted by Gasteiger charge is 2.38. The predicted molar refractivity (Wildman–Crippen MR) is 68.5 cm³/mol. The summed E-state index contributed by atoms with van der Waals surface area (Å²) in [6, 6.07) is 1.46. The second kappa shape index (κ2) is 5.48. The number of nitrogens with zero attached hydrogens (tertiary/aromatic N) is 2. The van der Waals surface area contributed by atoms with Crippen molar-refractivity contribution in [3.05, 3.63) is 0 Å². The van der Waals surface area contributed by atoms with E-state index in [0.29, 0.717) is 6.04 Å². The van der Waals surface area contributed by atoms with Gasteiger partial charge in [-0.1, -0.05) is 13.8 Å². The molecule has 2 atom stereocenters. The Labute approximate surface area is 100.0 Å². The van der Waals surface area contributed by atoms with Crippen LogP contribution in [-0.2, 0) is 0 Å². The Morgan fingerprint density at radius 1 is 1.25 bits per heavy atom. The Hall–Kier alpha value is -0.120. The van der Waals surface area contributed by atoms with Crippen LogP contribution in [0.15, 0.2) is 0 Å². The molecule has 2 aliphatic rings. The summed E-state index contributed by atoms with van der Waals surface area (Å²) in [4.78, 5) is 5.25. The van der Waals surface area contributed by atoms with Crippen molar-refractivity contribution < 1.29 is 0 Å². The van der Waals surface area contributed by atoms with Gasteiger partial charge in [0.05, 0.1) is 0 Å². The Morgan fingerprint density at radius 3 is 2.44 bits per heavy atom. The SMILES string of the molecule is CCN(CC)C1CCN(C(CN)C2CC2)C1. The lowest BCUT2D eigenvalue weighted by Crippen LogP contribution is -2.43. The minimum atomic E-state index is 0.681. The lowest BCUT2D eigenvalue weighted by atomic mass is 10.1. The normalized spacial score (nSPS) is 28.9. The molecule has 2 rings (SSSR count). The molecule has 0 aromatic carbocycles. The molecule has 16 heavy (non-hydrogen) atoms. The summed E-state index contributed by atoms with van der Waals surface area (Å²) in [5.41, 5.74) is 5.92. The summed E-state index contributed by atoms with van der Waals surface area (Å²) in [5.74, 6) is 0.917. The highest BCUT2D eigenvalue weighted by Crippen LogP contribution is 2.36. The van der Waals surface area contributed by atoms with Gasteiger partial charge in [0.25, 0.3) is 0 Å². The molecule has 0 spiro atoms. The van der Waals surface area contributed by atoms with Crippen LogP contribution < -0.4 is 5.73 Å².